The Balaban J connectivity index is 1.74. The normalized spacial score (nSPS) is 15.6. The summed E-state index contributed by atoms with van der Waals surface area (Å²) in [7, 11) is 2.07. The molecule has 0 saturated carbocycles. The molecule has 4 rings (SSSR count). The van der Waals surface area contributed by atoms with Crippen LogP contribution in [0.4, 0.5) is 17.1 Å². The second kappa shape index (κ2) is 6.68. The molecule has 0 saturated heterocycles. The summed E-state index contributed by atoms with van der Waals surface area (Å²) >= 11 is 0. The molecule has 0 radical (unpaired) electrons. The van der Waals surface area contributed by atoms with Crippen LogP contribution in [0.3, 0.4) is 0 Å². The fraction of sp³-hybridized carbons (Fsp3) is 0.174. The van der Waals surface area contributed by atoms with Crippen LogP contribution in [0.1, 0.15) is 22.6 Å². The first-order valence-corrected chi connectivity index (χ1v) is 8.91. The molecule has 3 aromatic carbocycles. The van der Waals surface area contributed by atoms with Crippen molar-refractivity contribution in [2.24, 2.45) is 0 Å². The molecule has 0 fully saturated rings. The molecule has 3 aromatic rings. The van der Waals surface area contributed by atoms with Crippen molar-refractivity contribution < 1.29 is 4.79 Å². The van der Waals surface area contributed by atoms with Crippen molar-refractivity contribution in [1.29, 1.82) is 0 Å². The number of hydrogen-bond donors (Lipinski definition) is 1. The zero-order valence-corrected chi connectivity index (χ0v) is 15.1. The Bertz CT molecular complexity index is 946. The molecule has 0 unspecified atom stereocenters. The van der Waals surface area contributed by atoms with Crippen LogP contribution in [0, 0.1) is 6.92 Å². The number of rotatable bonds is 2. The van der Waals surface area contributed by atoms with Gasteiger partial charge < -0.3 is 10.2 Å². The van der Waals surface area contributed by atoms with Gasteiger partial charge in [-0.15, -0.1) is 0 Å². The number of benzene rings is 3. The molecule has 0 aromatic heterocycles. The molecule has 3 heteroatoms. The third-order valence-electron chi connectivity index (χ3n) is 5.09. The van der Waals surface area contributed by atoms with E-state index in [1.54, 1.807) is 0 Å². The Labute approximate surface area is 154 Å². The van der Waals surface area contributed by atoms with E-state index in [1.165, 1.54) is 11.1 Å². The lowest BCUT2D eigenvalue weighted by Crippen LogP contribution is -2.23. The Morgan fingerprint density at radius 3 is 2.35 bits per heavy atom. The van der Waals surface area contributed by atoms with Crippen LogP contribution < -0.4 is 10.2 Å². The number of carbonyl (C=O) groups is 1. The van der Waals surface area contributed by atoms with Crippen molar-refractivity contribution in [1.82, 2.24) is 0 Å². The van der Waals surface area contributed by atoms with Crippen molar-refractivity contribution in [3.05, 3.63) is 89.5 Å². The maximum absolute atomic E-state index is 13.2. The molecule has 1 atom stereocenters. The van der Waals surface area contributed by atoms with Crippen LogP contribution in [-0.2, 0) is 11.2 Å². The molecule has 1 heterocycles. The predicted molar refractivity (Wildman–Crippen MR) is 107 cm³/mol. The van der Waals surface area contributed by atoms with Crippen molar-refractivity contribution in [2.75, 3.05) is 17.3 Å². The summed E-state index contributed by atoms with van der Waals surface area (Å²) < 4.78 is 0. The summed E-state index contributed by atoms with van der Waals surface area (Å²) in [6, 6.07) is 24.4. The Kier molecular flexibility index (Phi) is 4.21. The van der Waals surface area contributed by atoms with Gasteiger partial charge in [-0.1, -0.05) is 54.1 Å². The summed E-state index contributed by atoms with van der Waals surface area (Å²) in [6.07, 6.45) is 0.690. The number of fused-ring (bicyclic) bond motifs is 2. The average molecular weight is 342 g/mol. The second-order valence-corrected chi connectivity index (χ2v) is 6.86. The van der Waals surface area contributed by atoms with Crippen molar-refractivity contribution in [3.63, 3.8) is 0 Å². The molecule has 26 heavy (non-hydrogen) atoms. The summed E-state index contributed by atoms with van der Waals surface area (Å²) in [4.78, 5) is 15.3. The number of anilines is 3. The number of hydrogen-bond acceptors (Lipinski definition) is 2. The monoisotopic (exact) mass is 342 g/mol. The number of aryl methyl sites for hydroxylation is 1. The fourth-order valence-corrected chi connectivity index (χ4v) is 3.66. The molecule has 0 spiro atoms. The number of para-hydroxylation sites is 2. The third-order valence-corrected chi connectivity index (χ3v) is 5.09. The highest BCUT2D eigenvalue weighted by Crippen LogP contribution is 2.40. The van der Waals surface area contributed by atoms with Crippen LogP contribution in [0.15, 0.2) is 72.8 Å². The molecule has 130 valence electrons. The van der Waals surface area contributed by atoms with Crippen molar-refractivity contribution in [2.45, 2.75) is 19.3 Å². The van der Waals surface area contributed by atoms with Crippen LogP contribution >= 0.6 is 0 Å². The van der Waals surface area contributed by atoms with E-state index in [0.717, 1.165) is 22.6 Å². The molecule has 1 aliphatic rings. The summed E-state index contributed by atoms with van der Waals surface area (Å²) in [5, 5.41) is 3.10. The van der Waals surface area contributed by atoms with E-state index in [1.807, 2.05) is 55.5 Å². The Morgan fingerprint density at radius 1 is 0.923 bits per heavy atom. The lowest BCUT2D eigenvalue weighted by Gasteiger charge is -2.22. The van der Waals surface area contributed by atoms with E-state index >= 15 is 0 Å². The standard InChI is InChI=1S/C23H22N2O/c1-16-11-13-18(14-12-16)24-23(26)20-15-17-7-3-5-9-21(17)25(2)22-10-6-4-8-19(20)22/h3-14,20H,15H2,1-2H3,(H,24,26)/t20-/m0/s1. The van der Waals surface area contributed by atoms with Gasteiger partial charge in [-0.2, -0.15) is 0 Å². The summed E-state index contributed by atoms with van der Waals surface area (Å²) in [5.41, 5.74) is 6.51. The Morgan fingerprint density at radius 2 is 1.58 bits per heavy atom. The molecule has 1 N–H and O–H groups in total. The van der Waals surface area contributed by atoms with Gasteiger partial charge in [0, 0.05) is 24.1 Å². The largest absolute Gasteiger partial charge is 0.344 e. The van der Waals surface area contributed by atoms with E-state index in [2.05, 4.69) is 41.5 Å². The highest BCUT2D eigenvalue weighted by molar-refractivity contribution is 5.98. The number of nitrogens with one attached hydrogen (secondary N) is 1. The highest BCUT2D eigenvalue weighted by atomic mass is 16.1. The minimum Gasteiger partial charge on any atom is -0.344 e. The zero-order chi connectivity index (χ0) is 18.1. The van der Waals surface area contributed by atoms with Crippen LogP contribution in [0.2, 0.25) is 0 Å². The lowest BCUT2D eigenvalue weighted by atomic mass is 9.91. The lowest BCUT2D eigenvalue weighted by molar-refractivity contribution is -0.117. The van der Waals surface area contributed by atoms with E-state index < -0.39 is 0 Å². The van der Waals surface area contributed by atoms with E-state index in [9.17, 15) is 4.79 Å². The van der Waals surface area contributed by atoms with Crippen molar-refractivity contribution >= 4 is 23.0 Å². The predicted octanol–water partition coefficient (Wildman–Crippen LogP) is 5.04. The van der Waals surface area contributed by atoms with E-state index in [-0.39, 0.29) is 11.8 Å². The van der Waals surface area contributed by atoms with Gasteiger partial charge in [0.15, 0.2) is 0 Å². The van der Waals surface area contributed by atoms with E-state index in [4.69, 9.17) is 0 Å². The fourth-order valence-electron chi connectivity index (χ4n) is 3.66. The summed E-state index contributed by atoms with van der Waals surface area (Å²) in [5.74, 6) is -0.190. The molecule has 0 aliphatic carbocycles. The topological polar surface area (TPSA) is 32.3 Å². The quantitative estimate of drug-likeness (QED) is 0.707. The van der Waals surface area contributed by atoms with Gasteiger partial charge in [-0.05, 0) is 48.7 Å². The Hall–Kier alpha value is -3.07. The first-order valence-electron chi connectivity index (χ1n) is 8.91. The van der Waals surface area contributed by atoms with Gasteiger partial charge in [0.25, 0.3) is 0 Å². The zero-order valence-electron chi connectivity index (χ0n) is 15.1. The van der Waals surface area contributed by atoms with Gasteiger partial charge in [-0.3, -0.25) is 4.79 Å². The first kappa shape index (κ1) is 16.4. The second-order valence-electron chi connectivity index (χ2n) is 6.86. The van der Waals surface area contributed by atoms with Crippen LogP contribution in [0.25, 0.3) is 0 Å². The molecule has 1 amide bonds. The number of carbonyl (C=O) groups excluding carboxylic acids is 1. The van der Waals surface area contributed by atoms with Gasteiger partial charge in [0.2, 0.25) is 5.91 Å². The average Bonchev–Trinajstić information content (AvgIpc) is 2.79. The van der Waals surface area contributed by atoms with Crippen molar-refractivity contribution in [3.8, 4) is 0 Å². The van der Waals surface area contributed by atoms with E-state index in [0.29, 0.717) is 6.42 Å². The van der Waals surface area contributed by atoms with Gasteiger partial charge in [0.05, 0.1) is 5.92 Å². The molecular weight excluding hydrogens is 320 g/mol. The van der Waals surface area contributed by atoms with Crippen LogP contribution in [0.5, 0.6) is 0 Å². The first-order chi connectivity index (χ1) is 12.6. The molecule has 0 bridgehead atoms. The smallest absolute Gasteiger partial charge is 0.232 e. The molecular formula is C23H22N2O. The minimum absolute atomic E-state index is 0.0337. The maximum atomic E-state index is 13.2. The number of nitrogens with zero attached hydrogens (tertiary/aromatic N) is 1. The summed E-state index contributed by atoms with van der Waals surface area (Å²) in [6.45, 7) is 2.04. The molecule has 3 nitrogen and oxygen atoms in total. The number of amides is 1. The van der Waals surface area contributed by atoms with Gasteiger partial charge in [-0.25, -0.2) is 0 Å². The molecule has 1 aliphatic heterocycles. The minimum atomic E-state index is -0.224. The third kappa shape index (κ3) is 2.97. The van der Waals surface area contributed by atoms with Gasteiger partial charge in [0.1, 0.15) is 0 Å². The van der Waals surface area contributed by atoms with Crippen LogP contribution in [-0.4, -0.2) is 13.0 Å². The maximum Gasteiger partial charge on any atom is 0.232 e. The highest BCUT2D eigenvalue weighted by Gasteiger charge is 2.29. The SMILES string of the molecule is Cc1ccc(NC(=O)[C@H]2Cc3ccccc3N(C)c3ccccc32)cc1. The van der Waals surface area contributed by atoms with Gasteiger partial charge >= 0.3 is 0 Å².